The predicted molar refractivity (Wildman–Crippen MR) is 98.4 cm³/mol. The van der Waals surface area contributed by atoms with E-state index in [1.54, 1.807) is 11.9 Å². The summed E-state index contributed by atoms with van der Waals surface area (Å²) < 4.78 is 5.71. The summed E-state index contributed by atoms with van der Waals surface area (Å²) in [7, 11) is 3.68. The van der Waals surface area contributed by atoms with Gasteiger partial charge in [0.15, 0.2) is 0 Å². The van der Waals surface area contributed by atoms with Gasteiger partial charge < -0.3 is 9.64 Å². The molecule has 0 heterocycles. The van der Waals surface area contributed by atoms with Gasteiger partial charge >= 0.3 is 0 Å². The maximum Gasteiger partial charge on any atom is 0.237 e. The van der Waals surface area contributed by atoms with Crippen molar-refractivity contribution < 1.29 is 9.53 Å². The maximum atomic E-state index is 12.6. The van der Waals surface area contributed by atoms with Crippen LogP contribution in [-0.4, -0.2) is 55.0 Å². The number of amides is 1. The summed E-state index contributed by atoms with van der Waals surface area (Å²) in [4.78, 5) is 16.2. The number of carbonyl (C=O) groups is 1. The third kappa shape index (κ3) is 5.20. The monoisotopic (exact) mass is 343 g/mol. The number of carbonyl (C=O) groups excluding carboxylic acids is 1. The Morgan fingerprint density at radius 3 is 2.44 bits per heavy atom. The fraction of sp³-hybridized carbons (Fsp3) is 0.600. The van der Waals surface area contributed by atoms with Crippen LogP contribution in [0.1, 0.15) is 37.7 Å². The lowest BCUT2D eigenvalue weighted by atomic mass is 9.81. The van der Waals surface area contributed by atoms with Crippen LogP contribution < -0.4 is 4.74 Å². The third-order valence-corrected chi connectivity index (χ3v) is 5.07. The first-order valence-electron chi connectivity index (χ1n) is 9.03. The fourth-order valence-corrected chi connectivity index (χ4v) is 3.27. The second-order valence-corrected chi connectivity index (χ2v) is 7.06. The molecule has 5 nitrogen and oxygen atoms in total. The van der Waals surface area contributed by atoms with Crippen LogP contribution in [0.15, 0.2) is 24.3 Å². The molecule has 5 heteroatoms. The van der Waals surface area contributed by atoms with E-state index >= 15 is 0 Å². The van der Waals surface area contributed by atoms with Gasteiger partial charge in [0.2, 0.25) is 5.91 Å². The van der Waals surface area contributed by atoms with E-state index in [0.717, 1.165) is 37.9 Å². The zero-order valence-corrected chi connectivity index (χ0v) is 15.6. The van der Waals surface area contributed by atoms with E-state index in [4.69, 9.17) is 4.74 Å². The lowest BCUT2D eigenvalue weighted by molar-refractivity contribution is -0.135. The lowest BCUT2D eigenvalue weighted by Crippen LogP contribution is -2.52. The zero-order chi connectivity index (χ0) is 18.3. The average molecular weight is 343 g/mol. The Morgan fingerprint density at radius 2 is 1.84 bits per heavy atom. The molecule has 136 valence electrons. The van der Waals surface area contributed by atoms with E-state index in [1.807, 2.05) is 43.1 Å². The molecule has 1 aromatic carbocycles. The molecule has 1 aliphatic carbocycles. The number of hydrogen-bond donors (Lipinski definition) is 0. The van der Waals surface area contributed by atoms with Gasteiger partial charge in [0.1, 0.15) is 17.9 Å². The fourth-order valence-electron chi connectivity index (χ4n) is 3.27. The Bertz CT molecular complexity index is 600. The smallest absolute Gasteiger partial charge is 0.237 e. The molecule has 0 N–H and O–H groups in total. The molecule has 0 atom stereocenters. The van der Waals surface area contributed by atoms with Crippen LogP contribution in [0.4, 0.5) is 0 Å². The molecule has 0 bridgehead atoms. The highest BCUT2D eigenvalue weighted by molar-refractivity contribution is 5.79. The lowest BCUT2D eigenvalue weighted by Gasteiger charge is -2.39. The second kappa shape index (κ2) is 8.87. The number of nitriles is 1. The minimum absolute atomic E-state index is 0.00119. The molecule has 1 aromatic rings. The Labute approximate surface area is 151 Å². The first kappa shape index (κ1) is 19.3. The Morgan fingerprint density at radius 1 is 1.20 bits per heavy atom. The van der Waals surface area contributed by atoms with Gasteiger partial charge in [0.25, 0.3) is 0 Å². The van der Waals surface area contributed by atoms with Crippen molar-refractivity contribution in [2.24, 2.45) is 0 Å². The van der Waals surface area contributed by atoms with Crippen LogP contribution in [0.25, 0.3) is 0 Å². The van der Waals surface area contributed by atoms with Crippen molar-refractivity contribution in [2.75, 3.05) is 33.8 Å². The summed E-state index contributed by atoms with van der Waals surface area (Å²) in [6.45, 7) is 3.53. The molecule has 1 saturated carbocycles. The highest BCUT2D eigenvalue weighted by Crippen LogP contribution is 2.32. The summed E-state index contributed by atoms with van der Waals surface area (Å²) in [6, 6.07) is 10.3. The van der Waals surface area contributed by atoms with E-state index in [9.17, 15) is 10.1 Å². The van der Waals surface area contributed by atoms with E-state index in [-0.39, 0.29) is 5.91 Å². The first-order valence-corrected chi connectivity index (χ1v) is 9.03. The zero-order valence-electron chi connectivity index (χ0n) is 15.6. The van der Waals surface area contributed by atoms with Crippen LogP contribution in [0, 0.1) is 18.3 Å². The summed E-state index contributed by atoms with van der Waals surface area (Å²) in [6.07, 6.45) is 4.76. The molecular weight excluding hydrogens is 314 g/mol. The van der Waals surface area contributed by atoms with E-state index in [0.29, 0.717) is 19.7 Å². The van der Waals surface area contributed by atoms with Gasteiger partial charge in [-0.3, -0.25) is 9.69 Å². The van der Waals surface area contributed by atoms with Gasteiger partial charge in [-0.25, -0.2) is 0 Å². The third-order valence-electron chi connectivity index (χ3n) is 5.07. The number of hydrogen-bond acceptors (Lipinski definition) is 4. The number of likely N-dealkylation sites (N-methyl/N-ethyl adjacent to an activating group) is 2. The molecule has 0 unspecified atom stereocenters. The molecule has 1 aliphatic rings. The average Bonchev–Trinajstić information content (AvgIpc) is 2.63. The number of aryl methyl sites for hydroxylation is 1. The van der Waals surface area contributed by atoms with Crippen LogP contribution in [0.3, 0.4) is 0 Å². The molecule has 1 amide bonds. The van der Waals surface area contributed by atoms with Crippen molar-refractivity contribution in [1.29, 1.82) is 5.26 Å². The van der Waals surface area contributed by atoms with Gasteiger partial charge in [-0.1, -0.05) is 37.0 Å². The Kier molecular flexibility index (Phi) is 6.83. The normalized spacial score (nSPS) is 16.3. The summed E-state index contributed by atoms with van der Waals surface area (Å²) in [5.74, 6) is 0.842. The number of ether oxygens (including phenoxy) is 1. The summed E-state index contributed by atoms with van der Waals surface area (Å²) in [5, 5.41) is 9.60. The largest absolute Gasteiger partial charge is 0.492 e. The molecule has 25 heavy (non-hydrogen) atoms. The highest BCUT2D eigenvalue weighted by atomic mass is 16.5. The van der Waals surface area contributed by atoms with Crippen LogP contribution >= 0.6 is 0 Å². The van der Waals surface area contributed by atoms with Gasteiger partial charge in [-0.15, -0.1) is 0 Å². The predicted octanol–water partition coefficient (Wildman–Crippen LogP) is 2.99. The first-order chi connectivity index (χ1) is 12.0. The quantitative estimate of drug-likeness (QED) is 0.764. The van der Waals surface area contributed by atoms with Gasteiger partial charge in [0, 0.05) is 13.6 Å². The molecular formula is C20H29N3O2. The van der Waals surface area contributed by atoms with Crippen molar-refractivity contribution in [3.63, 3.8) is 0 Å². The Balaban J connectivity index is 1.78. The topological polar surface area (TPSA) is 56.6 Å². The number of rotatable bonds is 7. The van der Waals surface area contributed by atoms with Crippen molar-refractivity contribution in [3.05, 3.63) is 29.8 Å². The van der Waals surface area contributed by atoms with Crippen molar-refractivity contribution >= 4 is 5.91 Å². The SMILES string of the molecule is Cc1ccc(OCCN(C)CC(=O)N(C)C2(C#N)CCCCC2)cc1. The van der Waals surface area contributed by atoms with Gasteiger partial charge in [-0.2, -0.15) is 5.26 Å². The minimum atomic E-state index is -0.616. The van der Waals surface area contributed by atoms with Crippen LogP contribution in [0.2, 0.25) is 0 Å². The van der Waals surface area contributed by atoms with E-state index < -0.39 is 5.54 Å². The summed E-state index contributed by atoms with van der Waals surface area (Å²) in [5.41, 5.74) is 0.585. The van der Waals surface area contributed by atoms with E-state index in [2.05, 4.69) is 6.07 Å². The molecule has 0 aromatic heterocycles. The number of benzene rings is 1. The molecule has 1 fully saturated rings. The van der Waals surface area contributed by atoms with Crippen molar-refractivity contribution in [2.45, 2.75) is 44.6 Å². The van der Waals surface area contributed by atoms with Gasteiger partial charge in [0.05, 0.1) is 12.6 Å². The highest BCUT2D eigenvalue weighted by Gasteiger charge is 2.38. The standard InChI is InChI=1S/C20H29N3O2/c1-17-7-9-18(10-8-17)25-14-13-22(2)15-19(24)23(3)20(16-21)11-5-4-6-12-20/h7-10H,4-6,11-15H2,1-3H3. The molecule has 0 radical (unpaired) electrons. The van der Waals surface area contributed by atoms with Crippen molar-refractivity contribution in [3.8, 4) is 11.8 Å². The van der Waals surface area contributed by atoms with Crippen molar-refractivity contribution in [1.82, 2.24) is 9.80 Å². The van der Waals surface area contributed by atoms with Crippen LogP contribution in [0.5, 0.6) is 5.75 Å². The molecule has 0 saturated heterocycles. The maximum absolute atomic E-state index is 12.6. The molecule has 2 rings (SSSR count). The molecule has 0 spiro atoms. The number of nitrogens with zero attached hydrogens (tertiary/aromatic N) is 3. The summed E-state index contributed by atoms with van der Waals surface area (Å²) >= 11 is 0. The second-order valence-electron chi connectivity index (χ2n) is 7.06. The van der Waals surface area contributed by atoms with E-state index in [1.165, 1.54) is 5.56 Å². The van der Waals surface area contributed by atoms with Gasteiger partial charge in [-0.05, 0) is 38.9 Å². The van der Waals surface area contributed by atoms with Crippen LogP contribution in [-0.2, 0) is 4.79 Å². The minimum Gasteiger partial charge on any atom is -0.492 e. The molecule has 0 aliphatic heterocycles. The Hall–Kier alpha value is -2.06.